The van der Waals surface area contributed by atoms with Gasteiger partial charge in [-0.25, -0.2) is 9.98 Å². The van der Waals surface area contributed by atoms with Gasteiger partial charge >= 0.3 is 0 Å². The molecule has 0 aliphatic heterocycles. The first-order valence-corrected chi connectivity index (χ1v) is 10.0. The van der Waals surface area contributed by atoms with Crippen LogP contribution in [-0.2, 0) is 13.0 Å². The van der Waals surface area contributed by atoms with Gasteiger partial charge in [-0.05, 0) is 43.2 Å². The molecule has 0 unspecified atom stereocenters. The molecule has 0 aliphatic carbocycles. The number of hydrogen-bond donors (Lipinski definition) is 3. The molecule has 3 aromatic rings. The Morgan fingerprint density at radius 3 is 2.70 bits per heavy atom. The second-order valence-electron chi connectivity index (χ2n) is 6.66. The topological polar surface area (TPSA) is 91.6 Å². The lowest BCUT2D eigenvalue weighted by molar-refractivity contribution is 0.0963. The van der Waals surface area contributed by atoms with E-state index >= 15 is 0 Å². The van der Waals surface area contributed by atoms with Crippen molar-refractivity contribution in [3.63, 3.8) is 0 Å². The number of carbonyl (C=O) groups is 1. The molecule has 0 aliphatic rings. The molecule has 0 bridgehead atoms. The van der Waals surface area contributed by atoms with Crippen molar-refractivity contribution in [1.82, 2.24) is 20.9 Å². The summed E-state index contributed by atoms with van der Waals surface area (Å²) in [5.74, 6) is 1.22. The van der Waals surface area contributed by atoms with E-state index in [0.717, 1.165) is 29.8 Å². The van der Waals surface area contributed by atoms with E-state index in [9.17, 15) is 4.79 Å². The third kappa shape index (κ3) is 5.94. The zero-order chi connectivity index (χ0) is 21.2. The Balaban J connectivity index is 1.56. The number of rotatable bonds is 8. The third-order valence-corrected chi connectivity index (χ3v) is 4.44. The molecule has 156 valence electrons. The number of hydrogen-bond acceptors (Lipinski definition) is 4. The number of carbonyl (C=O) groups excluding carboxylic acids is 1. The minimum Gasteiger partial charge on any atom is -0.444 e. The highest BCUT2D eigenvalue weighted by molar-refractivity contribution is 5.94. The maximum absolute atomic E-state index is 11.8. The van der Waals surface area contributed by atoms with Gasteiger partial charge in [0.1, 0.15) is 12.0 Å². The summed E-state index contributed by atoms with van der Waals surface area (Å²) in [5, 5.41) is 9.20. The lowest BCUT2D eigenvalue weighted by Crippen LogP contribution is -2.38. The second kappa shape index (κ2) is 10.8. The van der Waals surface area contributed by atoms with Crippen LogP contribution in [0.5, 0.6) is 0 Å². The molecule has 7 nitrogen and oxygen atoms in total. The number of amides is 1. The van der Waals surface area contributed by atoms with Crippen molar-refractivity contribution in [3.05, 3.63) is 77.7 Å². The quantitative estimate of drug-likeness (QED) is 0.396. The highest BCUT2D eigenvalue weighted by Gasteiger charge is 2.07. The fourth-order valence-corrected chi connectivity index (χ4v) is 2.93. The fourth-order valence-electron chi connectivity index (χ4n) is 2.93. The molecule has 1 heterocycles. The van der Waals surface area contributed by atoms with Gasteiger partial charge < -0.3 is 20.4 Å². The van der Waals surface area contributed by atoms with E-state index in [4.69, 9.17) is 4.42 Å². The van der Waals surface area contributed by atoms with E-state index in [1.54, 1.807) is 13.3 Å². The minimum atomic E-state index is -0.0813. The normalized spacial score (nSPS) is 11.2. The van der Waals surface area contributed by atoms with Crippen molar-refractivity contribution >= 4 is 11.9 Å². The van der Waals surface area contributed by atoms with Gasteiger partial charge in [-0.1, -0.05) is 30.3 Å². The van der Waals surface area contributed by atoms with E-state index in [2.05, 4.69) is 25.9 Å². The van der Waals surface area contributed by atoms with Crippen molar-refractivity contribution in [2.45, 2.75) is 19.9 Å². The molecule has 0 fully saturated rings. The van der Waals surface area contributed by atoms with Crippen LogP contribution >= 0.6 is 0 Å². The van der Waals surface area contributed by atoms with Crippen LogP contribution < -0.4 is 16.0 Å². The van der Waals surface area contributed by atoms with Gasteiger partial charge in [0.25, 0.3) is 5.91 Å². The van der Waals surface area contributed by atoms with Gasteiger partial charge in [0.05, 0.1) is 6.54 Å². The number of benzene rings is 2. The number of aliphatic imine (C=N–C) groups is 1. The Labute approximate surface area is 176 Å². The van der Waals surface area contributed by atoms with Crippen molar-refractivity contribution < 1.29 is 9.21 Å². The second-order valence-corrected chi connectivity index (χ2v) is 6.66. The highest BCUT2D eigenvalue weighted by Crippen LogP contribution is 2.18. The number of nitrogens with zero attached hydrogens (tertiary/aromatic N) is 2. The van der Waals surface area contributed by atoms with Crippen LogP contribution in [0.1, 0.15) is 28.5 Å². The smallest absolute Gasteiger partial charge is 0.251 e. The summed E-state index contributed by atoms with van der Waals surface area (Å²) in [4.78, 5) is 20.9. The average Bonchev–Trinajstić information content (AvgIpc) is 3.27. The van der Waals surface area contributed by atoms with Crippen LogP contribution in [-0.4, -0.2) is 37.0 Å². The Bertz CT molecular complexity index is 982. The lowest BCUT2D eigenvalue weighted by atomic mass is 10.1. The molecule has 0 atom stereocenters. The number of nitrogens with one attached hydrogen (secondary N) is 3. The molecular weight excluding hydrogens is 378 g/mol. The summed E-state index contributed by atoms with van der Waals surface area (Å²) < 4.78 is 5.57. The molecule has 1 aromatic heterocycles. The van der Waals surface area contributed by atoms with E-state index in [0.29, 0.717) is 30.5 Å². The van der Waals surface area contributed by atoms with Crippen molar-refractivity contribution in [2.24, 2.45) is 4.99 Å². The molecule has 0 spiro atoms. The van der Waals surface area contributed by atoms with Gasteiger partial charge in [-0.3, -0.25) is 4.79 Å². The molecule has 0 saturated carbocycles. The highest BCUT2D eigenvalue weighted by atomic mass is 16.3. The van der Waals surface area contributed by atoms with Crippen LogP contribution in [0, 0.1) is 0 Å². The van der Waals surface area contributed by atoms with Gasteiger partial charge in [0.15, 0.2) is 5.96 Å². The SMILES string of the molecule is CCNC(=NCc1coc(-c2ccccc2)n1)NCCc1cccc(C(=O)NC)c1. The van der Waals surface area contributed by atoms with Crippen molar-refractivity contribution in [1.29, 1.82) is 0 Å². The lowest BCUT2D eigenvalue weighted by Gasteiger charge is -2.11. The van der Waals surface area contributed by atoms with E-state index < -0.39 is 0 Å². The Morgan fingerprint density at radius 1 is 1.10 bits per heavy atom. The zero-order valence-electron chi connectivity index (χ0n) is 17.3. The molecule has 0 radical (unpaired) electrons. The van der Waals surface area contributed by atoms with Gasteiger partial charge in [-0.15, -0.1) is 0 Å². The Kier molecular flexibility index (Phi) is 7.60. The summed E-state index contributed by atoms with van der Waals surface area (Å²) >= 11 is 0. The molecule has 3 N–H and O–H groups in total. The first-order chi connectivity index (χ1) is 14.7. The largest absolute Gasteiger partial charge is 0.444 e. The summed E-state index contributed by atoms with van der Waals surface area (Å²) in [7, 11) is 1.63. The maximum atomic E-state index is 11.8. The van der Waals surface area contributed by atoms with Gasteiger partial charge in [0, 0.05) is 31.3 Å². The zero-order valence-corrected chi connectivity index (χ0v) is 17.3. The minimum absolute atomic E-state index is 0.0813. The molecule has 30 heavy (non-hydrogen) atoms. The summed E-state index contributed by atoms with van der Waals surface area (Å²) in [6.07, 6.45) is 2.41. The monoisotopic (exact) mass is 405 g/mol. The maximum Gasteiger partial charge on any atom is 0.251 e. The standard InChI is InChI=1S/C23H27N5O2/c1-3-25-23(26-13-12-17-8-7-11-19(14-17)21(29)24-2)27-15-20-16-30-22(28-20)18-9-5-4-6-10-18/h4-11,14,16H,3,12-13,15H2,1-2H3,(H,24,29)(H2,25,26,27). The number of oxazole rings is 1. The van der Waals surface area contributed by atoms with E-state index in [1.165, 1.54) is 0 Å². The predicted octanol–water partition coefficient (Wildman–Crippen LogP) is 3.00. The van der Waals surface area contributed by atoms with Gasteiger partial charge in [-0.2, -0.15) is 0 Å². The Morgan fingerprint density at radius 2 is 1.93 bits per heavy atom. The summed E-state index contributed by atoms with van der Waals surface area (Å²) in [6, 6.07) is 17.4. The number of guanidine groups is 1. The van der Waals surface area contributed by atoms with Crippen LogP contribution in [0.25, 0.3) is 11.5 Å². The van der Waals surface area contributed by atoms with E-state index in [-0.39, 0.29) is 5.91 Å². The van der Waals surface area contributed by atoms with Crippen molar-refractivity contribution in [3.8, 4) is 11.5 Å². The molecule has 0 saturated heterocycles. The Hall–Kier alpha value is -3.61. The fraction of sp³-hybridized carbons (Fsp3) is 0.261. The first-order valence-electron chi connectivity index (χ1n) is 10.0. The van der Waals surface area contributed by atoms with E-state index in [1.807, 2.05) is 61.5 Å². The third-order valence-electron chi connectivity index (χ3n) is 4.44. The van der Waals surface area contributed by atoms with Crippen LogP contribution in [0.3, 0.4) is 0 Å². The molecule has 1 amide bonds. The first kappa shape index (κ1) is 21.1. The molecule has 2 aromatic carbocycles. The number of aromatic nitrogens is 1. The van der Waals surface area contributed by atoms with Crippen LogP contribution in [0.4, 0.5) is 0 Å². The predicted molar refractivity (Wildman–Crippen MR) is 118 cm³/mol. The molecule has 7 heteroatoms. The van der Waals surface area contributed by atoms with Crippen LogP contribution in [0.15, 0.2) is 70.3 Å². The molecule has 3 rings (SSSR count). The summed E-state index contributed by atoms with van der Waals surface area (Å²) in [5.41, 5.74) is 3.46. The molecular formula is C23H27N5O2. The van der Waals surface area contributed by atoms with Gasteiger partial charge in [0.2, 0.25) is 5.89 Å². The van der Waals surface area contributed by atoms with Crippen LogP contribution in [0.2, 0.25) is 0 Å². The van der Waals surface area contributed by atoms with Crippen molar-refractivity contribution in [2.75, 3.05) is 20.1 Å². The summed E-state index contributed by atoms with van der Waals surface area (Å²) in [6.45, 7) is 3.88. The average molecular weight is 406 g/mol.